The highest BCUT2D eigenvalue weighted by atomic mass is 35.5. The molecule has 0 aromatic carbocycles. The first kappa shape index (κ1) is 11.8. The molecule has 0 amide bonds. The predicted molar refractivity (Wildman–Crippen MR) is 45.7 cm³/mol. The van der Waals surface area contributed by atoms with E-state index in [2.05, 4.69) is 4.98 Å². The zero-order valence-corrected chi connectivity index (χ0v) is 7.93. The van der Waals surface area contributed by atoms with Crippen LogP contribution in [0, 0.1) is 5.82 Å². The van der Waals surface area contributed by atoms with Crippen LogP contribution in [0.25, 0.3) is 0 Å². The smallest absolute Gasteiger partial charge is 0.354 e. The van der Waals surface area contributed by atoms with E-state index in [1.165, 1.54) is 0 Å². The molecular formula is C8H5ClF3NO2. The Kier molecular flexibility index (Phi) is 3.52. The van der Waals surface area contributed by atoms with Crippen LogP contribution in [0.2, 0.25) is 0 Å². The van der Waals surface area contributed by atoms with Gasteiger partial charge in [-0.2, -0.15) is 0 Å². The van der Waals surface area contributed by atoms with Crippen LogP contribution >= 0.6 is 11.6 Å². The zero-order chi connectivity index (χ0) is 11.6. The van der Waals surface area contributed by atoms with Crippen molar-refractivity contribution in [3.8, 4) is 0 Å². The number of hydrogen-bond donors (Lipinski definition) is 1. The second kappa shape index (κ2) is 4.48. The molecule has 0 unspecified atom stereocenters. The predicted octanol–water partition coefficient (Wildman–Crippen LogP) is 2.60. The summed E-state index contributed by atoms with van der Waals surface area (Å²) in [6.45, 7) is 0. The third kappa shape index (κ3) is 2.38. The van der Waals surface area contributed by atoms with Crippen molar-refractivity contribution in [2.75, 3.05) is 0 Å². The summed E-state index contributed by atoms with van der Waals surface area (Å²) in [4.78, 5) is 13.8. The Labute approximate surface area is 87.5 Å². The molecule has 0 aliphatic rings. The maximum absolute atomic E-state index is 13.1. The molecule has 0 saturated carbocycles. The third-order valence-electron chi connectivity index (χ3n) is 1.65. The van der Waals surface area contributed by atoms with Crippen molar-refractivity contribution in [2.24, 2.45) is 0 Å². The molecule has 0 radical (unpaired) electrons. The van der Waals surface area contributed by atoms with Gasteiger partial charge in [0, 0.05) is 6.07 Å². The fraction of sp³-hybridized carbons (Fsp3) is 0.250. The lowest BCUT2D eigenvalue weighted by Crippen LogP contribution is -2.08. The number of nitrogens with zero attached hydrogens (tertiary/aromatic N) is 1. The summed E-state index contributed by atoms with van der Waals surface area (Å²) >= 11 is 5.27. The maximum atomic E-state index is 13.1. The molecule has 0 bridgehead atoms. The highest BCUT2D eigenvalue weighted by Crippen LogP contribution is 2.26. The second-order valence-electron chi connectivity index (χ2n) is 2.59. The summed E-state index contributed by atoms with van der Waals surface area (Å²) in [7, 11) is 0. The number of carbonyl (C=O) groups is 1. The van der Waals surface area contributed by atoms with Crippen molar-refractivity contribution < 1.29 is 23.1 Å². The van der Waals surface area contributed by atoms with Crippen molar-refractivity contribution >= 4 is 17.6 Å². The van der Waals surface area contributed by atoms with Gasteiger partial charge in [-0.25, -0.2) is 22.9 Å². The fourth-order valence-electron chi connectivity index (χ4n) is 1.02. The minimum Gasteiger partial charge on any atom is -0.477 e. The van der Waals surface area contributed by atoms with Crippen molar-refractivity contribution in [3.63, 3.8) is 0 Å². The van der Waals surface area contributed by atoms with Gasteiger partial charge in [0.25, 0.3) is 6.43 Å². The van der Waals surface area contributed by atoms with Crippen LogP contribution in [-0.4, -0.2) is 16.1 Å². The van der Waals surface area contributed by atoms with E-state index in [1.54, 1.807) is 0 Å². The summed E-state index contributed by atoms with van der Waals surface area (Å²) in [6.07, 6.45) is -3.07. The number of alkyl halides is 3. The van der Waals surface area contributed by atoms with Gasteiger partial charge in [0.1, 0.15) is 5.82 Å². The molecule has 3 nitrogen and oxygen atoms in total. The number of aromatic carboxylic acids is 1. The van der Waals surface area contributed by atoms with Crippen molar-refractivity contribution in [1.29, 1.82) is 0 Å². The first-order valence-corrected chi connectivity index (χ1v) is 4.27. The fourth-order valence-corrected chi connectivity index (χ4v) is 1.22. The molecule has 0 spiro atoms. The summed E-state index contributed by atoms with van der Waals surface area (Å²) in [6, 6.07) is 0.444. The zero-order valence-electron chi connectivity index (χ0n) is 7.18. The van der Waals surface area contributed by atoms with Crippen molar-refractivity contribution in [2.45, 2.75) is 12.3 Å². The van der Waals surface area contributed by atoms with E-state index in [9.17, 15) is 18.0 Å². The molecule has 15 heavy (non-hydrogen) atoms. The molecule has 0 fully saturated rings. The Balaban J connectivity index is 3.37. The van der Waals surface area contributed by atoms with Crippen LogP contribution < -0.4 is 0 Å². The van der Waals surface area contributed by atoms with Gasteiger partial charge in [-0.05, 0) is 0 Å². The van der Waals surface area contributed by atoms with E-state index < -0.39 is 41.0 Å². The Hall–Kier alpha value is -1.30. The Bertz CT molecular complexity index is 398. The van der Waals surface area contributed by atoms with E-state index >= 15 is 0 Å². The Morgan fingerprint density at radius 3 is 2.60 bits per heavy atom. The van der Waals surface area contributed by atoms with Crippen molar-refractivity contribution in [3.05, 3.63) is 28.8 Å². The molecule has 0 atom stereocenters. The minimum atomic E-state index is -3.07. The van der Waals surface area contributed by atoms with Gasteiger partial charge >= 0.3 is 5.97 Å². The monoisotopic (exact) mass is 239 g/mol. The normalized spacial score (nSPS) is 10.7. The van der Waals surface area contributed by atoms with Gasteiger partial charge < -0.3 is 5.11 Å². The molecule has 0 aliphatic heterocycles. The van der Waals surface area contributed by atoms with Gasteiger partial charge in [0.2, 0.25) is 0 Å². The number of carboxylic acid groups (broad SMARTS) is 1. The first-order chi connectivity index (χ1) is 6.97. The van der Waals surface area contributed by atoms with Crippen LogP contribution in [0.1, 0.15) is 28.2 Å². The second-order valence-corrected chi connectivity index (χ2v) is 2.86. The topological polar surface area (TPSA) is 50.2 Å². The highest BCUT2D eigenvalue weighted by molar-refractivity contribution is 6.17. The van der Waals surface area contributed by atoms with Crippen LogP contribution in [0.5, 0.6) is 0 Å². The maximum Gasteiger partial charge on any atom is 0.354 e. The Morgan fingerprint density at radius 2 is 2.20 bits per heavy atom. The molecule has 1 heterocycles. The molecule has 0 aliphatic carbocycles. The van der Waals surface area contributed by atoms with Gasteiger partial charge in [0.05, 0.1) is 17.1 Å². The molecule has 1 aromatic rings. The van der Waals surface area contributed by atoms with Crippen molar-refractivity contribution in [1.82, 2.24) is 4.98 Å². The van der Waals surface area contributed by atoms with E-state index in [0.29, 0.717) is 6.07 Å². The lowest BCUT2D eigenvalue weighted by molar-refractivity contribution is 0.0688. The number of rotatable bonds is 3. The average Bonchev–Trinajstić information content (AvgIpc) is 2.15. The first-order valence-electron chi connectivity index (χ1n) is 3.74. The average molecular weight is 240 g/mol. The lowest BCUT2D eigenvalue weighted by atomic mass is 10.1. The molecule has 0 saturated heterocycles. The van der Waals surface area contributed by atoms with E-state index in [-0.39, 0.29) is 0 Å². The minimum absolute atomic E-state index is 0.444. The number of halogens is 4. The largest absolute Gasteiger partial charge is 0.477 e. The third-order valence-corrected chi connectivity index (χ3v) is 1.90. The summed E-state index contributed by atoms with van der Waals surface area (Å²) in [5.74, 6) is -3.29. The molecular weight excluding hydrogens is 235 g/mol. The Morgan fingerprint density at radius 1 is 1.60 bits per heavy atom. The van der Waals surface area contributed by atoms with E-state index in [4.69, 9.17) is 16.7 Å². The van der Waals surface area contributed by atoms with Gasteiger partial charge in [0.15, 0.2) is 5.69 Å². The summed E-state index contributed by atoms with van der Waals surface area (Å²) in [5.41, 5.74) is -2.05. The number of aromatic nitrogens is 1. The number of carboxylic acids is 1. The number of hydrogen-bond acceptors (Lipinski definition) is 2. The molecule has 1 N–H and O–H groups in total. The van der Waals surface area contributed by atoms with E-state index in [1.807, 2.05) is 0 Å². The van der Waals surface area contributed by atoms with Gasteiger partial charge in [-0.3, -0.25) is 0 Å². The van der Waals surface area contributed by atoms with Crippen LogP contribution in [0.4, 0.5) is 13.2 Å². The van der Waals surface area contributed by atoms with Crippen LogP contribution in [0.3, 0.4) is 0 Å². The van der Waals surface area contributed by atoms with Crippen LogP contribution in [0.15, 0.2) is 6.07 Å². The highest BCUT2D eigenvalue weighted by Gasteiger charge is 2.22. The van der Waals surface area contributed by atoms with Gasteiger partial charge in [-0.1, -0.05) is 0 Å². The van der Waals surface area contributed by atoms with Gasteiger partial charge in [-0.15, -0.1) is 11.6 Å². The molecule has 1 rings (SSSR count). The quantitative estimate of drug-likeness (QED) is 0.825. The number of pyridine rings is 1. The van der Waals surface area contributed by atoms with Crippen LogP contribution in [-0.2, 0) is 5.88 Å². The summed E-state index contributed by atoms with van der Waals surface area (Å²) in [5, 5.41) is 8.50. The standard InChI is InChI=1S/C8H5ClF3NO2/c9-2-5-6(7(11)12)3(10)1-4(13-5)8(14)15/h1,7H,2H2,(H,14,15). The molecule has 82 valence electrons. The molecule has 1 aromatic heterocycles. The van der Waals surface area contributed by atoms with E-state index in [0.717, 1.165) is 0 Å². The lowest BCUT2D eigenvalue weighted by Gasteiger charge is -2.07. The molecule has 7 heteroatoms. The SMILES string of the molecule is O=C(O)c1cc(F)c(C(F)F)c(CCl)n1. The summed E-state index contributed by atoms with van der Waals surface area (Å²) < 4.78 is 37.7.